The van der Waals surface area contributed by atoms with Gasteiger partial charge < -0.3 is 40.0 Å². The van der Waals surface area contributed by atoms with Crippen LogP contribution in [-0.2, 0) is 43.0 Å². The second kappa shape index (κ2) is 26.4. The molecule has 2 rings (SSSR count). The number of allylic oxidation sites excluding steroid dienone is 1. The minimum Gasteiger partial charge on any atom is -0.481 e. The SMILES string of the molecule is CCC(C)(C)C(=O)OCCCSC(C)C(=O)Nc1[nH]c(C=C2N=C(NC(=O)C(C)SC(CC(=O)O)C(=O)O)C(C(=O)OC(C(C)C)C(C)C)=C2C(C)C)c(C(C)C)c1C(=O)OC(C(C)C)C(C)C. The second-order valence-electron chi connectivity index (χ2n) is 19.9. The first-order valence-electron chi connectivity index (χ1n) is 23.7. The Kier molecular flexibility index (Phi) is 23.1. The molecule has 1 aromatic rings. The van der Waals surface area contributed by atoms with E-state index in [1.165, 1.54) is 18.7 Å². The van der Waals surface area contributed by atoms with E-state index < -0.39 is 81.4 Å². The first-order valence-corrected chi connectivity index (χ1v) is 25.7. The van der Waals surface area contributed by atoms with Crippen molar-refractivity contribution in [1.29, 1.82) is 0 Å². The third kappa shape index (κ3) is 16.5. The number of aromatic nitrogens is 1. The summed E-state index contributed by atoms with van der Waals surface area (Å²) in [6.07, 6.45) is 1.13. The Morgan fingerprint density at radius 3 is 1.75 bits per heavy atom. The van der Waals surface area contributed by atoms with Gasteiger partial charge in [0.05, 0.1) is 34.6 Å². The second-order valence-corrected chi connectivity index (χ2v) is 22.9. The van der Waals surface area contributed by atoms with Crippen LogP contribution in [0.25, 0.3) is 6.08 Å². The molecule has 0 saturated heterocycles. The molecule has 2 heterocycles. The summed E-state index contributed by atoms with van der Waals surface area (Å²) < 4.78 is 17.8. The molecule has 0 bridgehead atoms. The minimum absolute atomic E-state index is 0.0133. The topological polar surface area (TPSA) is 240 Å². The molecule has 3 unspecified atom stereocenters. The number of H-pyrrole nitrogens is 1. The predicted molar refractivity (Wildman–Crippen MR) is 270 cm³/mol. The van der Waals surface area contributed by atoms with Crippen molar-refractivity contribution in [3.8, 4) is 0 Å². The number of aliphatic imine (C=N–C) groups is 1. The van der Waals surface area contributed by atoms with Crippen LogP contribution in [-0.4, -0.2) is 103 Å². The maximum Gasteiger partial charge on any atom is 0.342 e. The summed E-state index contributed by atoms with van der Waals surface area (Å²) in [6, 6.07) is 0. The number of carboxylic acids is 2. The number of ether oxygens (including phenoxy) is 3. The number of anilines is 1. The quantitative estimate of drug-likeness (QED) is 0.0330. The molecule has 0 saturated carbocycles. The van der Waals surface area contributed by atoms with Gasteiger partial charge in [-0.15, -0.1) is 23.5 Å². The van der Waals surface area contributed by atoms with Gasteiger partial charge in [0, 0.05) is 5.69 Å². The highest BCUT2D eigenvalue weighted by molar-refractivity contribution is 8.01. The zero-order valence-corrected chi connectivity index (χ0v) is 44.8. The number of hydrogen-bond donors (Lipinski definition) is 5. The summed E-state index contributed by atoms with van der Waals surface area (Å²) in [5.41, 5.74) is 1.07. The van der Waals surface area contributed by atoms with Crippen LogP contribution in [0.2, 0.25) is 0 Å². The summed E-state index contributed by atoms with van der Waals surface area (Å²) in [5, 5.41) is 21.6. The number of carbonyl (C=O) groups excluding carboxylic acids is 5. The standard InChI is InChI=1S/C50H78N4O12S2/c1-18-50(16,17)49(63)64-20-19-21-67-30(14)44(57)53-42-38(47(61)65-40(26(6)7)27(8)9)36(24(2)3)32(51-42)22-33-37(25(4)5)39(48(62)66-41(28(10)11)29(12)13)43(52-33)54-45(58)31(15)68-34(46(59)60)23-35(55)56/h22,24-31,34,40-41,51H,18-21,23H2,1-17H3,(H,53,57)(H,55,56)(H,59,60)(H,52,54,58). The number of esters is 3. The van der Waals surface area contributed by atoms with Crippen molar-refractivity contribution in [2.45, 2.75) is 171 Å². The summed E-state index contributed by atoms with van der Waals surface area (Å²) in [7, 11) is 0. The monoisotopic (exact) mass is 991 g/mol. The van der Waals surface area contributed by atoms with E-state index in [2.05, 4.69) is 15.6 Å². The van der Waals surface area contributed by atoms with E-state index in [4.69, 9.17) is 19.2 Å². The van der Waals surface area contributed by atoms with Gasteiger partial charge in [0.25, 0.3) is 0 Å². The van der Waals surface area contributed by atoms with Gasteiger partial charge in [0.15, 0.2) is 0 Å². The lowest BCUT2D eigenvalue weighted by Gasteiger charge is -2.26. The van der Waals surface area contributed by atoms with Gasteiger partial charge in [-0.1, -0.05) is 90.0 Å². The van der Waals surface area contributed by atoms with Crippen LogP contribution < -0.4 is 10.6 Å². The fourth-order valence-electron chi connectivity index (χ4n) is 7.63. The Morgan fingerprint density at radius 2 is 1.28 bits per heavy atom. The van der Waals surface area contributed by atoms with E-state index in [0.717, 1.165) is 0 Å². The minimum atomic E-state index is -1.43. The van der Waals surface area contributed by atoms with Gasteiger partial charge in [0.1, 0.15) is 40.2 Å². The number of thioether (sulfide) groups is 2. The number of carbonyl (C=O) groups is 7. The summed E-state index contributed by atoms with van der Waals surface area (Å²) >= 11 is 2.02. The molecule has 1 aliphatic rings. The lowest BCUT2D eigenvalue weighted by molar-refractivity contribution is -0.154. The van der Waals surface area contributed by atoms with Crippen LogP contribution in [0.15, 0.2) is 21.8 Å². The van der Waals surface area contributed by atoms with Gasteiger partial charge in [-0.25, -0.2) is 14.6 Å². The fourth-order valence-corrected chi connectivity index (χ4v) is 9.50. The highest BCUT2D eigenvalue weighted by Crippen LogP contribution is 2.39. The largest absolute Gasteiger partial charge is 0.481 e. The number of nitrogens with zero attached hydrogens (tertiary/aromatic N) is 1. The average molecular weight is 991 g/mol. The van der Waals surface area contributed by atoms with Crippen molar-refractivity contribution >= 4 is 82.9 Å². The molecule has 1 aromatic heterocycles. The Labute approximate surface area is 411 Å². The highest BCUT2D eigenvalue weighted by atomic mass is 32.2. The molecule has 1 aliphatic heterocycles. The van der Waals surface area contributed by atoms with Crippen LogP contribution in [0.3, 0.4) is 0 Å². The first kappa shape index (κ1) is 59.5. The lowest BCUT2D eigenvalue weighted by Crippen LogP contribution is -2.40. The zero-order valence-electron chi connectivity index (χ0n) is 43.2. The molecule has 0 aromatic carbocycles. The molecule has 18 heteroatoms. The van der Waals surface area contributed by atoms with Crippen LogP contribution in [0.1, 0.15) is 164 Å². The van der Waals surface area contributed by atoms with E-state index in [0.29, 0.717) is 47.2 Å². The lowest BCUT2D eigenvalue weighted by atomic mass is 9.91. The molecule has 5 N–H and O–H groups in total. The zero-order chi connectivity index (χ0) is 52.1. The molecule has 0 fully saturated rings. The third-order valence-corrected chi connectivity index (χ3v) is 14.2. The number of amidine groups is 1. The van der Waals surface area contributed by atoms with Gasteiger partial charge in [-0.05, 0) is 99.0 Å². The molecule has 3 atom stereocenters. The van der Waals surface area contributed by atoms with Gasteiger partial charge >= 0.3 is 29.8 Å². The molecule has 0 radical (unpaired) electrons. The molecule has 2 amide bonds. The Morgan fingerprint density at radius 1 is 0.750 bits per heavy atom. The number of nitrogens with one attached hydrogen (secondary N) is 3. The molecular formula is C50H78N4O12S2. The van der Waals surface area contributed by atoms with Crippen LogP contribution in [0, 0.1) is 35.0 Å². The summed E-state index contributed by atoms with van der Waals surface area (Å²) in [4.78, 5) is 100. The number of aliphatic carboxylic acids is 2. The van der Waals surface area contributed by atoms with Crippen LogP contribution in [0.4, 0.5) is 5.82 Å². The van der Waals surface area contributed by atoms with E-state index >= 15 is 0 Å². The van der Waals surface area contributed by atoms with Crippen molar-refractivity contribution < 1.29 is 58.0 Å². The van der Waals surface area contributed by atoms with E-state index in [-0.39, 0.29) is 70.7 Å². The van der Waals surface area contributed by atoms with Crippen molar-refractivity contribution in [3.05, 3.63) is 33.7 Å². The van der Waals surface area contributed by atoms with Gasteiger partial charge in [-0.3, -0.25) is 24.0 Å². The van der Waals surface area contributed by atoms with Crippen LogP contribution in [0.5, 0.6) is 0 Å². The number of rotatable bonds is 26. The van der Waals surface area contributed by atoms with E-state index in [1.807, 2.05) is 104 Å². The molecule has 0 aliphatic carbocycles. The summed E-state index contributed by atoms with van der Waals surface area (Å²) in [5.74, 6) is -5.95. The van der Waals surface area contributed by atoms with Crippen molar-refractivity contribution in [1.82, 2.24) is 10.3 Å². The predicted octanol–water partition coefficient (Wildman–Crippen LogP) is 9.50. The van der Waals surface area contributed by atoms with Crippen LogP contribution >= 0.6 is 23.5 Å². The maximum atomic E-state index is 14.5. The van der Waals surface area contributed by atoms with Crippen molar-refractivity contribution in [2.24, 2.45) is 40.0 Å². The molecule has 0 spiro atoms. The Balaban J connectivity index is 2.84. The number of carboxylic acid groups (broad SMARTS) is 2. The third-order valence-electron chi connectivity index (χ3n) is 11.6. The Bertz CT molecular complexity index is 2070. The van der Waals surface area contributed by atoms with Crippen molar-refractivity contribution in [2.75, 3.05) is 17.7 Å². The van der Waals surface area contributed by atoms with E-state index in [9.17, 15) is 43.8 Å². The fraction of sp³-hybridized carbons (Fsp3) is 0.680. The molecule has 16 nitrogen and oxygen atoms in total. The molecule has 68 heavy (non-hydrogen) atoms. The number of amides is 2. The first-order chi connectivity index (χ1) is 31.5. The average Bonchev–Trinajstić information content (AvgIpc) is 3.77. The maximum absolute atomic E-state index is 14.5. The smallest absolute Gasteiger partial charge is 0.342 e. The number of hydrogen-bond acceptors (Lipinski definition) is 13. The number of aromatic amines is 1. The molecular weight excluding hydrogens is 913 g/mol. The summed E-state index contributed by atoms with van der Waals surface area (Å²) in [6.45, 7) is 32.0. The normalized spacial score (nSPS) is 15.2. The van der Waals surface area contributed by atoms with Gasteiger partial charge in [0.2, 0.25) is 11.8 Å². The van der Waals surface area contributed by atoms with Gasteiger partial charge in [-0.2, -0.15) is 0 Å². The Hall–Kier alpha value is -4.58. The van der Waals surface area contributed by atoms with E-state index in [1.54, 1.807) is 13.0 Å². The highest BCUT2D eigenvalue weighted by Gasteiger charge is 2.38. The molecule has 382 valence electrons. The van der Waals surface area contributed by atoms with Crippen molar-refractivity contribution in [3.63, 3.8) is 0 Å².